The van der Waals surface area contributed by atoms with Gasteiger partial charge in [0.15, 0.2) is 0 Å². The minimum absolute atomic E-state index is 0.803. The lowest BCUT2D eigenvalue weighted by Crippen LogP contribution is -2.53. The maximum atomic E-state index is 10.9. The van der Waals surface area contributed by atoms with Gasteiger partial charge in [-0.1, -0.05) is 20.8 Å². The molecule has 0 aliphatic heterocycles. The van der Waals surface area contributed by atoms with E-state index in [1.807, 2.05) is 0 Å². The standard InChI is InChI=1S/C8H14O6/c1-7(2,3)8(14-13,6(11)12)4-5(9)10/h13H,4H2,1-3H3,(H,9,10)(H,11,12). The Balaban J connectivity index is 5.20. The molecule has 82 valence electrons. The van der Waals surface area contributed by atoms with Crippen LogP contribution in [0.25, 0.3) is 0 Å². The molecule has 0 fully saturated rings. The number of hydrogen-bond donors (Lipinski definition) is 3. The molecule has 0 aromatic heterocycles. The van der Waals surface area contributed by atoms with E-state index in [-0.39, 0.29) is 0 Å². The van der Waals surface area contributed by atoms with E-state index in [4.69, 9.17) is 15.5 Å². The molecule has 0 rings (SSSR count). The van der Waals surface area contributed by atoms with Gasteiger partial charge in [0, 0.05) is 5.41 Å². The third-order valence-electron chi connectivity index (χ3n) is 2.11. The zero-order valence-corrected chi connectivity index (χ0v) is 8.27. The summed E-state index contributed by atoms with van der Waals surface area (Å²) in [5.41, 5.74) is -3.16. The minimum atomic E-state index is -2.13. The lowest BCUT2D eigenvalue weighted by atomic mass is 9.74. The number of hydrogen-bond acceptors (Lipinski definition) is 4. The number of carboxylic acids is 2. The van der Waals surface area contributed by atoms with Crippen LogP contribution in [-0.4, -0.2) is 33.0 Å². The lowest BCUT2D eigenvalue weighted by Gasteiger charge is -2.36. The molecule has 0 aromatic rings. The molecule has 0 aliphatic carbocycles. The van der Waals surface area contributed by atoms with E-state index in [9.17, 15) is 9.59 Å². The van der Waals surface area contributed by atoms with Crippen molar-refractivity contribution in [2.75, 3.05) is 0 Å². The van der Waals surface area contributed by atoms with Gasteiger partial charge in [0.25, 0.3) is 0 Å². The van der Waals surface area contributed by atoms with Crippen LogP contribution in [0.4, 0.5) is 0 Å². The fourth-order valence-corrected chi connectivity index (χ4v) is 1.08. The second kappa shape index (κ2) is 3.93. The quantitative estimate of drug-likeness (QED) is 0.464. The molecular weight excluding hydrogens is 192 g/mol. The SMILES string of the molecule is CC(C)(C)C(CC(=O)O)(OO)C(=O)O. The van der Waals surface area contributed by atoms with Crippen molar-refractivity contribution in [3.05, 3.63) is 0 Å². The van der Waals surface area contributed by atoms with Gasteiger partial charge in [0.1, 0.15) is 0 Å². The molecule has 0 aromatic carbocycles. The number of aliphatic carboxylic acids is 2. The van der Waals surface area contributed by atoms with Crippen LogP contribution in [0, 0.1) is 5.41 Å². The molecular formula is C8H14O6. The summed E-state index contributed by atoms with van der Waals surface area (Å²) in [5.74, 6) is -2.86. The van der Waals surface area contributed by atoms with Crippen molar-refractivity contribution in [2.24, 2.45) is 5.41 Å². The van der Waals surface area contributed by atoms with Crippen LogP contribution < -0.4 is 0 Å². The maximum Gasteiger partial charge on any atom is 0.340 e. The van der Waals surface area contributed by atoms with Crippen molar-refractivity contribution in [3.63, 3.8) is 0 Å². The van der Waals surface area contributed by atoms with E-state index >= 15 is 0 Å². The molecule has 0 radical (unpaired) electrons. The lowest BCUT2D eigenvalue weighted by molar-refractivity contribution is -0.340. The van der Waals surface area contributed by atoms with Gasteiger partial charge in [-0.15, -0.1) is 0 Å². The summed E-state index contributed by atoms with van der Waals surface area (Å²) in [6.07, 6.45) is -0.803. The molecule has 0 bridgehead atoms. The van der Waals surface area contributed by atoms with E-state index in [2.05, 4.69) is 4.89 Å². The molecule has 6 nitrogen and oxygen atoms in total. The van der Waals surface area contributed by atoms with Crippen molar-refractivity contribution in [1.82, 2.24) is 0 Å². The molecule has 1 atom stereocenters. The highest BCUT2D eigenvalue weighted by molar-refractivity contribution is 5.84. The molecule has 3 N–H and O–H groups in total. The largest absolute Gasteiger partial charge is 0.481 e. The molecule has 0 heterocycles. The Morgan fingerprint density at radius 1 is 1.21 bits per heavy atom. The average Bonchev–Trinajstić information content (AvgIpc) is 1.96. The summed E-state index contributed by atoms with van der Waals surface area (Å²) in [7, 11) is 0. The van der Waals surface area contributed by atoms with Gasteiger partial charge in [-0.05, 0) is 0 Å². The Labute approximate surface area is 81.0 Å². The summed E-state index contributed by atoms with van der Waals surface area (Å²) in [6, 6.07) is 0. The monoisotopic (exact) mass is 206 g/mol. The smallest absolute Gasteiger partial charge is 0.340 e. The molecule has 1 unspecified atom stereocenters. The van der Waals surface area contributed by atoms with Gasteiger partial charge in [-0.3, -0.25) is 10.1 Å². The fourth-order valence-electron chi connectivity index (χ4n) is 1.08. The van der Waals surface area contributed by atoms with Gasteiger partial charge < -0.3 is 10.2 Å². The Morgan fingerprint density at radius 3 is 1.71 bits per heavy atom. The molecule has 0 aliphatic rings. The van der Waals surface area contributed by atoms with E-state index in [0.717, 1.165) is 0 Å². The highest BCUT2D eigenvalue weighted by Crippen LogP contribution is 2.36. The van der Waals surface area contributed by atoms with Crippen LogP contribution in [-0.2, 0) is 14.5 Å². The van der Waals surface area contributed by atoms with Crippen LogP contribution in [0.5, 0.6) is 0 Å². The van der Waals surface area contributed by atoms with E-state index in [1.54, 1.807) is 0 Å². The van der Waals surface area contributed by atoms with Crippen LogP contribution >= 0.6 is 0 Å². The van der Waals surface area contributed by atoms with Gasteiger partial charge >= 0.3 is 11.9 Å². The number of carbonyl (C=O) groups is 2. The van der Waals surface area contributed by atoms with Gasteiger partial charge in [0.05, 0.1) is 6.42 Å². The van der Waals surface area contributed by atoms with Gasteiger partial charge in [0.2, 0.25) is 5.60 Å². The zero-order valence-electron chi connectivity index (χ0n) is 8.27. The van der Waals surface area contributed by atoms with Gasteiger partial charge in [-0.25, -0.2) is 9.68 Å². The highest BCUT2D eigenvalue weighted by atomic mass is 17.1. The average molecular weight is 206 g/mol. The van der Waals surface area contributed by atoms with Crippen molar-refractivity contribution in [2.45, 2.75) is 32.8 Å². The third-order valence-corrected chi connectivity index (χ3v) is 2.11. The van der Waals surface area contributed by atoms with E-state index in [1.165, 1.54) is 20.8 Å². The third kappa shape index (κ3) is 2.21. The topological polar surface area (TPSA) is 104 Å². The van der Waals surface area contributed by atoms with Crippen LogP contribution in [0.2, 0.25) is 0 Å². The summed E-state index contributed by atoms with van der Waals surface area (Å²) in [6.45, 7) is 4.42. The number of carboxylic acid groups (broad SMARTS) is 2. The maximum absolute atomic E-state index is 10.9. The summed E-state index contributed by atoms with van der Waals surface area (Å²) >= 11 is 0. The first kappa shape index (κ1) is 12.9. The zero-order chi connectivity index (χ0) is 11.6. The molecule has 14 heavy (non-hydrogen) atoms. The van der Waals surface area contributed by atoms with E-state index in [0.29, 0.717) is 0 Å². The fraction of sp³-hybridized carbons (Fsp3) is 0.750. The second-order valence-corrected chi connectivity index (χ2v) is 4.04. The first-order chi connectivity index (χ1) is 6.17. The van der Waals surface area contributed by atoms with Gasteiger partial charge in [-0.2, -0.15) is 0 Å². The summed E-state index contributed by atoms with van der Waals surface area (Å²) in [5, 5.41) is 26.0. The first-order valence-electron chi connectivity index (χ1n) is 3.95. The normalized spacial score (nSPS) is 16.0. The molecule has 0 saturated carbocycles. The molecule has 0 saturated heterocycles. The van der Waals surface area contributed by atoms with Crippen LogP contribution in [0.3, 0.4) is 0 Å². The van der Waals surface area contributed by atoms with Crippen LogP contribution in [0.1, 0.15) is 27.2 Å². The van der Waals surface area contributed by atoms with Crippen molar-refractivity contribution < 1.29 is 29.9 Å². The predicted molar refractivity (Wildman–Crippen MR) is 45.8 cm³/mol. The van der Waals surface area contributed by atoms with Crippen molar-refractivity contribution >= 4 is 11.9 Å². The first-order valence-corrected chi connectivity index (χ1v) is 3.95. The number of rotatable bonds is 4. The Bertz CT molecular complexity index is 241. The summed E-state index contributed by atoms with van der Waals surface area (Å²) < 4.78 is 0. The highest BCUT2D eigenvalue weighted by Gasteiger charge is 2.53. The molecule has 0 spiro atoms. The van der Waals surface area contributed by atoms with Crippen LogP contribution in [0.15, 0.2) is 0 Å². The van der Waals surface area contributed by atoms with E-state index < -0.39 is 29.4 Å². The predicted octanol–water partition coefficient (Wildman–Crippen LogP) is 0.820. The minimum Gasteiger partial charge on any atom is -0.481 e. The molecule has 6 heteroatoms. The van der Waals surface area contributed by atoms with Crippen molar-refractivity contribution in [1.29, 1.82) is 0 Å². The Kier molecular flexibility index (Phi) is 3.61. The second-order valence-electron chi connectivity index (χ2n) is 4.04. The Hall–Kier alpha value is -1.14. The molecule has 0 amide bonds. The van der Waals surface area contributed by atoms with Crippen molar-refractivity contribution in [3.8, 4) is 0 Å². The Morgan fingerprint density at radius 2 is 1.64 bits per heavy atom. The summed E-state index contributed by atoms with van der Waals surface area (Å²) in [4.78, 5) is 25.3.